The zero-order valence-electron chi connectivity index (χ0n) is 11.8. The molecule has 0 spiro atoms. The van der Waals surface area contributed by atoms with Gasteiger partial charge in [0.05, 0.1) is 7.11 Å². The molecule has 0 aromatic heterocycles. The number of nitrogens with two attached hydrogens (primary N) is 1. The van der Waals surface area contributed by atoms with Gasteiger partial charge in [0.25, 0.3) is 0 Å². The van der Waals surface area contributed by atoms with E-state index in [-0.39, 0.29) is 12.6 Å². The average molecular weight is 264 g/mol. The number of benzene rings is 1. The van der Waals surface area contributed by atoms with Gasteiger partial charge in [-0.3, -0.25) is 0 Å². The van der Waals surface area contributed by atoms with Crippen LogP contribution in [0.15, 0.2) is 18.2 Å². The Labute approximate surface area is 115 Å². The lowest BCUT2D eigenvalue weighted by Gasteiger charge is -2.25. The first-order valence-corrected chi connectivity index (χ1v) is 6.95. The Morgan fingerprint density at radius 3 is 2.95 bits per heavy atom. The highest BCUT2D eigenvalue weighted by Crippen LogP contribution is 2.36. The van der Waals surface area contributed by atoms with E-state index in [1.165, 1.54) is 5.69 Å². The molecule has 0 saturated carbocycles. The van der Waals surface area contributed by atoms with Crippen LogP contribution in [0, 0.1) is 5.92 Å². The number of anilines is 1. The van der Waals surface area contributed by atoms with Gasteiger partial charge in [-0.15, -0.1) is 0 Å². The van der Waals surface area contributed by atoms with Crippen LogP contribution in [0.2, 0.25) is 0 Å². The summed E-state index contributed by atoms with van der Waals surface area (Å²) in [5, 5.41) is 9.05. The monoisotopic (exact) mass is 264 g/mol. The van der Waals surface area contributed by atoms with Gasteiger partial charge in [0.2, 0.25) is 0 Å². The zero-order chi connectivity index (χ0) is 13.8. The van der Waals surface area contributed by atoms with Crippen molar-refractivity contribution < 1.29 is 9.84 Å². The summed E-state index contributed by atoms with van der Waals surface area (Å²) in [5.74, 6) is 1.44. The first kappa shape index (κ1) is 14.2. The van der Waals surface area contributed by atoms with E-state index < -0.39 is 0 Å². The Morgan fingerprint density at radius 2 is 2.32 bits per heavy atom. The van der Waals surface area contributed by atoms with Gasteiger partial charge >= 0.3 is 0 Å². The normalized spacial score (nSPS) is 20.6. The van der Waals surface area contributed by atoms with Gasteiger partial charge < -0.3 is 20.5 Å². The Morgan fingerprint density at radius 1 is 1.53 bits per heavy atom. The second kappa shape index (κ2) is 6.26. The molecule has 3 N–H and O–H groups in total. The van der Waals surface area contributed by atoms with Crippen LogP contribution in [0.5, 0.6) is 5.75 Å². The average Bonchev–Trinajstić information content (AvgIpc) is 2.86. The van der Waals surface area contributed by atoms with Crippen LogP contribution in [0.25, 0.3) is 0 Å². The number of nitrogens with zero attached hydrogens (tertiary/aromatic N) is 1. The lowest BCUT2D eigenvalue weighted by molar-refractivity contribution is 0.263. The molecule has 2 atom stereocenters. The minimum Gasteiger partial charge on any atom is -0.496 e. The Bertz CT molecular complexity index is 421. The van der Waals surface area contributed by atoms with Gasteiger partial charge in [0, 0.05) is 37.0 Å². The molecular formula is C15H24N2O2. The molecule has 1 aromatic carbocycles. The molecule has 0 amide bonds. The van der Waals surface area contributed by atoms with Crippen molar-refractivity contribution in [1.29, 1.82) is 0 Å². The summed E-state index contributed by atoms with van der Waals surface area (Å²) in [7, 11) is 1.68. The second-order valence-corrected chi connectivity index (χ2v) is 5.29. The van der Waals surface area contributed by atoms with Gasteiger partial charge in [-0.1, -0.05) is 6.07 Å². The summed E-state index contributed by atoms with van der Waals surface area (Å²) in [6.45, 7) is 4.28. The van der Waals surface area contributed by atoms with Crippen LogP contribution in [0.1, 0.15) is 31.4 Å². The van der Waals surface area contributed by atoms with Crippen molar-refractivity contribution in [3.05, 3.63) is 23.8 Å². The zero-order valence-corrected chi connectivity index (χ0v) is 11.8. The number of ether oxygens (including phenoxy) is 1. The molecule has 1 aliphatic heterocycles. The summed E-state index contributed by atoms with van der Waals surface area (Å²) in [5.41, 5.74) is 8.36. The molecule has 19 heavy (non-hydrogen) atoms. The van der Waals surface area contributed by atoms with Crippen LogP contribution in [0.3, 0.4) is 0 Å². The van der Waals surface area contributed by atoms with Gasteiger partial charge in [-0.2, -0.15) is 0 Å². The predicted octanol–water partition coefficient (Wildman–Crippen LogP) is 1.92. The Hall–Kier alpha value is -1.26. The molecule has 1 aromatic rings. The van der Waals surface area contributed by atoms with E-state index in [9.17, 15) is 0 Å². The van der Waals surface area contributed by atoms with E-state index in [0.29, 0.717) is 5.92 Å². The largest absolute Gasteiger partial charge is 0.496 e. The van der Waals surface area contributed by atoms with Crippen LogP contribution < -0.4 is 15.4 Å². The number of hydrogen-bond acceptors (Lipinski definition) is 4. The molecule has 0 radical (unpaired) electrons. The minimum atomic E-state index is -0.0527. The molecule has 0 bridgehead atoms. The summed E-state index contributed by atoms with van der Waals surface area (Å²) >= 11 is 0. The third-order valence-electron chi connectivity index (χ3n) is 3.88. The molecule has 1 aliphatic rings. The highest BCUT2D eigenvalue weighted by atomic mass is 16.5. The number of methoxy groups -OCH3 is 1. The molecule has 106 valence electrons. The van der Waals surface area contributed by atoms with Crippen molar-refractivity contribution in [2.24, 2.45) is 11.7 Å². The van der Waals surface area contributed by atoms with E-state index in [0.717, 1.165) is 37.2 Å². The van der Waals surface area contributed by atoms with Crippen molar-refractivity contribution in [1.82, 2.24) is 0 Å². The van der Waals surface area contributed by atoms with Gasteiger partial charge in [-0.25, -0.2) is 0 Å². The second-order valence-electron chi connectivity index (χ2n) is 5.29. The fraction of sp³-hybridized carbons (Fsp3) is 0.600. The number of rotatable bonds is 5. The third-order valence-corrected chi connectivity index (χ3v) is 3.88. The maximum Gasteiger partial charge on any atom is 0.125 e. The van der Waals surface area contributed by atoms with Crippen molar-refractivity contribution in [3.8, 4) is 5.75 Å². The van der Waals surface area contributed by atoms with E-state index in [1.54, 1.807) is 7.11 Å². The lowest BCUT2D eigenvalue weighted by Crippen LogP contribution is -2.23. The molecule has 1 saturated heterocycles. The lowest BCUT2D eigenvalue weighted by atomic mass is 10.0. The third kappa shape index (κ3) is 3.01. The van der Waals surface area contributed by atoms with Crippen molar-refractivity contribution >= 4 is 5.69 Å². The summed E-state index contributed by atoms with van der Waals surface area (Å²) in [6.07, 6.45) is 2.02. The van der Waals surface area contributed by atoms with Gasteiger partial charge in [0.15, 0.2) is 0 Å². The first-order chi connectivity index (χ1) is 9.17. The summed E-state index contributed by atoms with van der Waals surface area (Å²) < 4.78 is 5.43. The molecule has 0 aliphatic carbocycles. The highest BCUT2D eigenvalue weighted by molar-refractivity contribution is 5.61. The molecule has 1 heterocycles. The minimum absolute atomic E-state index is 0.0527. The molecule has 4 nitrogen and oxygen atoms in total. The molecule has 4 heteroatoms. The van der Waals surface area contributed by atoms with Gasteiger partial charge in [-0.05, 0) is 37.8 Å². The SMILES string of the molecule is COc1cccc(N2CCC(CCO)C2)c1[C@H](C)N. The first-order valence-electron chi connectivity index (χ1n) is 6.95. The van der Waals surface area contributed by atoms with E-state index in [4.69, 9.17) is 15.6 Å². The van der Waals surface area contributed by atoms with E-state index >= 15 is 0 Å². The smallest absolute Gasteiger partial charge is 0.125 e. The fourth-order valence-corrected chi connectivity index (χ4v) is 2.91. The molecular weight excluding hydrogens is 240 g/mol. The quantitative estimate of drug-likeness (QED) is 0.853. The van der Waals surface area contributed by atoms with Crippen LogP contribution in [-0.4, -0.2) is 31.9 Å². The summed E-state index contributed by atoms with van der Waals surface area (Å²) in [6, 6.07) is 6.04. The standard InChI is InChI=1S/C15H24N2O2/c1-11(16)15-13(4-3-5-14(15)19-2)17-8-6-12(10-17)7-9-18/h3-5,11-12,18H,6-10,16H2,1-2H3/t11-,12?/m0/s1. The molecule has 1 fully saturated rings. The number of aliphatic hydroxyl groups is 1. The molecule has 2 rings (SSSR count). The van der Waals surface area contributed by atoms with Crippen molar-refractivity contribution in [2.75, 3.05) is 31.7 Å². The summed E-state index contributed by atoms with van der Waals surface area (Å²) in [4.78, 5) is 2.36. The Balaban J connectivity index is 2.25. The van der Waals surface area contributed by atoms with Crippen molar-refractivity contribution in [3.63, 3.8) is 0 Å². The van der Waals surface area contributed by atoms with E-state index in [2.05, 4.69) is 11.0 Å². The molecule has 1 unspecified atom stereocenters. The Kier molecular flexibility index (Phi) is 4.66. The van der Waals surface area contributed by atoms with Gasteiger partial charge in [0.1, 0.15) is 5.75 Å². The maximum absolute atomic E-state index is 9.05. The fourth-order valence-electron chi connectivity index (χ4n) is 2.91. The van der Waals surface area contributed by atoms with E-state index in [1.807, 2.05) is 19.1 Å². The number of aliphatic hydroxyl groups excluding tert-OH is 1. The highest BCUT2D eigenvalue weighted by Gasteiger charge is 2.25. The van der Waals surface area contributed by atoms with Crippen LogP contribution in [0.4, 0.5) is 5.69 Å². The van der Waals surface area contributed by atoms with Crippen LogP contribution in [-0.2, 0) is 0 Å². The topological polar surface area (TPSA) is 58.7 Å². The van der Waals surface area contributed by atoms with Crippen molar-refractivity contribution in [2.45, 2.75) is 25.8 Å². The van der Waals surface area contributed by atoms with Crippen LogP contribution >= 0.6 is 0 Å². The number of hydrogen-bond donors (Lipinski definition) is 2. The predicted molar refractivity (Wildman–Crippen MR) is 77.6 cm³/mol. The maximum atomic E-state index is 9.05.